The number of nitrogens with one attached hydrogen (secondary N) is 4. The normalized spacial score (nSPS) is 16.2. The lowest BCUT2D eigenvalue weighted by Crippen LogP contribution is -2.43. The number of anilines is 5. The zero-order valence-electron chi connectivity index (χ0n) is 20.6. The minimum Gasteiger partial charge on any atom is -0.349 e. The lowest BCUT2D eigenvalue weighted by atomic mass is 10.0. The zero-order chi connectivity index (χ0) is 25.8. The standard InChI is InChI=1S/C27H30IN7O2/c1-35-14-12-20(13-15-35)30-25(36)18-8-10-19(11-9-18)31-27-29-16-21(28)24(34-27)32-22-4-2-3-5-23(22)33-26(37)17-6-7-17/h2-5,8-11,16-17,20H,6-7,12-15H2,1H3,(H,30,36)(H,33,37)(H2,29,31,32,34). The maximum atomic E-state index is 12.6. The molecule has 0 unspecified atom stereocenters. The quantitative estimate of drug-likeness (QED) is 0.273. The second-order valence-electron chi connectivity index (χ2n) is 9.58. The van der Waals surface area contributed by atoms with Crippen LogP contribution in [0.2, 0.25) is 0 Å². The molecule has 1 saturated heterocycles. The summed E-state index contributed by atoms with van der Waals surface area (Å²) < 4.78 is 0.840. The van der Waals surface area contributed by atoms with E-state index in [1.165, 1.54) is 0 Å². The molecule has 37 heavy (non-hydrogen) atoms. The molecule has 2 fully saturated rings. The molecule has 10 heteroatoms. The van der Waals surface area contributed by atoms with Crippen LogP contribution in [0, 0.1) is 9.49 Å². The number of nitrogens with zero attached hydrogens (tertiary/aromatic N) is 3. The van der Waals surface area contributed by atoms with Crippen molar-refractivity contribution < 1.29 is 9.59 Å². The third-order valence-corrected chi connectivity index (χ3v) is 7.38. The summed E-state index contributed by atoms with van der Waals surface area (Å²) >= 11 is 2.18. The number of para-hydroxylation sites is 2. The fraction of sp³-hybridized carbons (Fsp3) is 0.333. The van der Waals surface area contributed by atoms with Crippen LogP contribution in [-0.4, -0.2) is 52.9 Å². The van der Waals surface area contributed by atoms with Crippen LogP contribution < -0.4 is 21.3 Å². The molecular formula is C27H30IN7O2. The highest BCUT2D eigenvalue weighted by molar-refractivity contribution is 14.1. The number of aromatic nitrogens is 2. The fourth-order valence-electron chi connectivity index (χ4n) is 4.18. The summed E-state index contributed by atoms with van der Waals surface area (Å²) in [6.45, 7) is 2.00. The van der Waals surface area contributed by atoms with Gasteiger partial charge in [-0.05, 0) is 105 Å². The molecule has 2 aromatic carbocycles. The number of hydrogen-bond acceptors (Lipinski definition) is 7. The number of benzene rings is 2. The van der Waals surface area contributed by atoms with Gasteiger partial charge in [0.1, 0.15) is 5.82 Å². The van der Waals surface area contributed by atoms with E-state index in [0.29, 0.717) is 17.3 Å². The van der Waals surface area contributed by atoms with Gasteiger partial charge >= 0.3 is 0 Å². The van der Waals surface area contributed by atoms with E-state index in [-0.39, 0.29) is 23.8 Å². The van der Waals surface area contributed by atoms with Crippen molar-refractivity contribution in [2.75, 3.05) is 36.1 Å². The van der Waals surface area contributed by atoms with Gasteiger partial charge in [0.05, 0.1) is 14.9 Å². The molecule has 4 N–H and O–H groups in total. The summed E-state index contributed by atoms with van der Waals surface area (Å²) in [6.07, 6.45) is 5.57. The molecule has 2 heterocycles. The number of piperidine rings is 1. The number of carbonyl (C=O) groups excluding carboxylic acids is 2. The average Bonchev–Trinajstić information content (AvgIpc) is 3.75. The first-order chi connectivity index (χ1) is 17.9. The minimum absolute atomic E-state index is 0.0504. The number of likely N-dealkylation sites (tertiary alicyclic amines) is 1. The van der Waals surface area contributed by atoms with Gasteiger partial charge in [-0.25, -0.2) is 4.98 Å². The van der Waals surface area contributed by atoms with Crippen molar-refractivity contribution in [2.45, 2.75) is 31.7 Å². The summed E-state index contributed by atoms with van der Waals surface area (Å²) in [6, 6.07) is 15.1. The number of carbonyl (C=O) groups is 2. The van der Waals surface area contributed by atoms with Crippen LogP contribution in [0.5, 0.6) is 0 Å². The highest BCUT2D eigenvalue weighted by Gasteiger charge is 2.30. The van der Waals surface area contributed by atoms with Crippen LogP contribution in [0.1, 0.15) is 36.0 Å². The molecule has 0 spiro atoms. The largest absolute Gasteiger partial charge is 0.349 e. The monoisotopic (exact) mass is 611 g/mol. The van der Waals surface area contributed by atoms with Crippen molar-refractivity contribution in [3.05, 3.63) is 63.9 Å². The predicted octanol–water partition coefficient (Wildman–Crippen LogP) is 4.74. The maximum absolute atomic E-state index is 12.6. The van der Waals surface area contributed by atoms with Gasteiger partial charge < -0.3 is 26.2 Å². The Morgan fingerprint density at radius 2 is 1.65 bits per heavy atom. The van der Waals surface area contributed by atoms with E-state index in [9.17, 15) is 9.59 Å². The van der Waals surface area contributed by atoms with Crippen molar-refractivity contribution in [1.82, 2.24) is 20.2 Å². The number of rotatable bonds is 8. The van der Waals surface area contributed by atoms with E-state index in [1.54, 1.807) is 18.3 Å². The van der Waals surface area contributed by atoms with Crippen molar-refractivity contribution >= 4 is 63.2 Å². The zero-order valence-corrected chi connectivity index (χ0v) is 22.8. The average molecular weight is 611 g/mol. The van der Waals surface area contributed by atoms with Gasteiger partial charge in [-0.1, -0.05) is 12.1 Å². The van der Waals surface area contributed by atoms with Crippen LogP contribution in [0.25, 0.3) is 0 Å². The topological polar surface area (TPSA) is 111 Å². The lowest BCUT2D eigenvalue weighted by Gasteiger charge is -2.29. The van der Waals surface area contributed by atoms with Crippen LogP contribution in [0.3, 0.4) is 0 Å². The van der Waals surface area contributed by atoms with Gasteiger partial charge in [-0.3, -0.25) is 9.59 Å². The van der Waals surface area contributed by atoms with Gasteiger partial charge in [0.15, 0.2) is 0 Å². The molecule has 5 rings (SSSR count). The van der Waals surface area contributed by atoms with Crippen molar-refractivity contribution in [2.24, 2.45) is 5.92 Å². The summed E-state index contributed by atoms with van der Waals surface area (Å²) in [5.74, 6) is 1.17. The van der Waals surface area contributed by atoms with Gasteiger partial charge in [0.25, 0.3) is 5.91 Å². The highest BCUT2D eigenvalue weighted by atomic mass is 127. The summed E-state index contributed by atoms with van der Waals surface area (Å²) in [4.78, 5) is 36.2. The first kappa shape index (κ1) is 25.4. The van der Waals surface area contributed by atoms with Gasteiger partial charge in [0.2, 0.25) is 11.9 Å². The van der Waals surface area contributed by atoms with Gasteiger partial charge in [0, 0.05) is 29.4 Å². The smallest absolute Gasteiger partial charge is 0.251 e. The predicted molar refractivity (Wildman–Crippen MR) is 154 cm³/mol. The second-order valence-corrected chi connectivity index (χ2v) is 10.7. The molecule has 0 atom stereocenters. The molecule has 1 aliphatic heterocycles. The summed E-state index contributed by atoms with van der Waals surface area (Å²) in [5.41, 5.74) is 2.89. The van der Waals surface area contributed by atoms with E-state index in [1.807, 2.05) is 36.4 Å². The molecular weight excluding hydrogens is 581 g/mol. The molecule has 2 amide bonds. The molecule has 0 bridgehead atoms. The number of hydrogen-bond donors (Lipinski definition) is 4. The van der Waals surface area contributed by atoms with E-state index in [2.05, 4.69) is 65.8 Å². The van der Waals surface area contributed by atoms with Gasteiger partial charge in [-0.15, -0.1) is 0 Å². The lowest BCUT2D eigenvalue weighted by molar-refractivity contribution is -0.117. The molecule has 1 aromatic heterocycles. The van der Waals surface area contributed by atoms with Gasteiger partial charge in [-0.2, -0.15) is 4.98 Å². The molecule has 192 valence electrons. The van der Waals surface area contributed by atoms with Crippen LogP contribution >= 0.6 is 22.6 Å². The van der Waals surface area contributed by atoms with Crippen molar-refractivity contribution in [3.63, 3.8) is 0 Å². The van der Waals surface area contributed by atoms with Crippen LogP contribution in [0.4, 0.5) is 28.8 Å². The maximum Gasteiger partial charge on any atom is 0.251 e. The molecule has 1 aliphatic carbocycles. The first-order valence-corrected chi connectivity index (χ1v) is 13.6. The molecule has 0 radical (unpaired) electrons. The van der Waals surface area contributed by atoms with Crippen LogP contribution in [-0.2, 0) is 4.79 Å². The Morgan fingerprint density at radius 1 is 0.946 bits per heavy atom. The highest BCUT2D eigenvalue weighted by Crippen LogP contribution is 2.33. The Labute approximate surface area is 230 Å². The molecule has 9 nitrogen and oxygen atoms in total. The number of halogens is 1. The summed E-state index contributed by atoms with van der Waals surface area (Å²) in [5, 5.41) is 12.7. The van der Waals surface area contributed by atoms with Crippen LogP contribution in [0.15, 0.2) is 54.7 Å². The Balaban J connectivity index is 1.23. The van der Waals surface area contributed by atoms with Crippen molar-refractivity contribution in [3.8, 4) is 0 Å². The van der Waals surface area contributed by atoms with E-state index >= 15 is 0 Å². The second kappa shape index (κ2) is 11.4. The van der Waals surface area contributed by atoms with E-state index in [0.717, 1.165) is 59.4 Å². The molecule has 3 aromatic rings. The SMILES string of the molecule is CN1CCC(NC(=O)c2ccc(Nc3ncc(I)c(Nc4ccccc4NC(=O)C4CC4)n3)cc2)CC1. The first-order valence-electron chi connectivity index (χ1n) is 12.5. The molecule has 2 aliphatic rings. The fourth-order valence-corrected chi connectivity index (χ4v) is 4.57. The number of amides is 2. The van der Waals surface area contributed by atoms with E-state index < -0.39 is 0 Å². The Morgan fingerprint density at radius 3 is 2.35 bits per heavy atom. The third-order valence-electron chi connectivity index (χ3n) is 6.59. The van der Waals surface area contributed by atoms with E-state index in [4.69, 9.17) is 0 Å². The Bertz CT molecular complexity index is 1270. The Hall–Kier alpha value is -3.25. The summed E-state index contributed by atoms with van der Waals surface area (Å²) in [7, 11) is 2.11. The molecule has 1 saturated carbocycles. The Kier molecular flexibility index (Phi) is 7.85. The minimum atomic E-state index is -0.0504. The van der Waals surface area contributed by atoms with Crippen molar-refractivity contribution in [1.29, 1.82) is 0 Å². The third kappa shape index (κ3) is 6.75.